The van der Waals surface area contributed by atoms with Gasteiger partial charge in [0, 0.05) is 17.4 Å². The van der Waals surface area contributed by atoms with Crippen LogP contribution in [0.3, 0.4) is 0 Å². The van der Waals surface area contributed by atoms with Crippen molar-refractivity contribution in [3.63, 3.8) is 0 Å². The van der Waals surface area contributed by atoms with Crippen LogP contribution in [0.1, 0.15) is 46.0 Å². The Morgan fingerprint density at radius 3 is 2.69 bits per heavy atom. The average Bonchev–Trinajstić information content (AvgIpc) is 3.17. The first-order valence-corrected chi connectivity index (χ1v) is 9.72. The molecule has 166 valence electrons. The summed E-state index contributed by atoms with van der Waals surface area (Å²) in [5.74, 6) is -0.204. The quantitative estimate of drug-likeness (QED) is 0.445. The van der Waals surface area contributed by atoms with E-state index in [0.29, 0.717) is 22.6 Å². The number of hydrogen-bond donors (Lipinski definition) is 2. The number of alkyl halides is 3. The number of hydrogen-bond acceptors (Lipinski definition) is 8. The van der Waals surface area contributed by atoms with Gasteiger partial charge in [0.2, 0.25) is 11.1 Å². The molecule has 1 amide bonds. The van der Waals surface area contributed by atoms with E-state index in [1.165, 1.54) is 23.4 Å². The van der Waals surface area contributed by atoms with Gasteiger partial charge in [-0.2, -0.15) is 18.3 Å². The molecule has 1 aliphatic heterocycles. The van der Waals surface area contributed by atoms with Gasteiger partial charge in [0.25, 0.3) is 5.91 Å². The number of rotatable bonds is 4. The molecular formula is C19H16ClF3N8O. The number of nitrogens with two attached hydrogens (primary N) is 1. The lowest BCUT2D eigenvalue weighted by atomic mass is 10.0. The van der Waals surface area contributed by atoms with Gasteiger partial charge in [-0.1, -0.05) is 0 Å². The molecule has 1 atom stereocenters. The summed E-state index contributed by atoms with van der Waals surface area (Å²) < 4.78 is 39.5. The van der Waals surface area contributed by atoms with Crippen molar-refractivity contribution < 1.29 is 18.0 Å². The monoisotopic (exact) mass is 464 g/mol. The highest BCUT2D eigenvalue weighted by Gasteiger charge is 2.33. The summed E-state index contributed by atoms with van der Waals surface area (Å²) in [7, 11) is 0. The number of benzene rings is 1. The van der Waals surface area contributed by atoms with Crippen LogP contribution >= 0.6 is 11.6 Å². The molecule has 32 heavy (non-hydrogen) atoms. The molecule has 0 saturated carbocycles. The number of fused-ring (bicyclic) bond motifs is 1. The van der Waals surface area contributed by atoms with Crippen molar-refractivity contribution in [3.05, 3.63) is 64.1 Å². The molecule has 9 nitrogen and oxygen atoms in total. The maximum Gasteiger partial charge on any atom is 0.416 e. The summed E-state index contributed by atoms with van der Waals surface area (Å²) in [6.07, 6.45) is -1.82. The molecule has 0 radical (unpaired) electrons. The van der Waals surface area contributed by atoms with Crippen LogP contribution in [-0.4, -0.2) is 36.0 Å². The third-order valence-corrected chi connectivity index (χ3v) is 5.04. The van der Waals surface area contributed by atoms with Gasteiger partial charge < -0.3 is 16.0 Å². The van der Waals surface area contributed by atoms with Gasteiger partial charge >= 0.3 is 6.18 Å². The third-order valence-electron chi connectivity index (χ3n) is 4.87. The number of aromatic nitrogens is 5. The minimum absolute atomic E-state index is 0.0114. The number of amides is 1. The summed E-state index contributed by atoms with van der Waals surface area (Å²) in [5, 5.41) is 10.4. The highest BCUT2D eigenvalue weighted by molar-refractivity contribution is 6.28. The molecule has 0 aliphatic carbocycles. The van der Waals surface area contributed by atoms with Crippen molar-refractivity contribution in [1.29, 1.82) is 0 Å². The molecule has 4 rings (SSSR count). The standard InChI is InChI=1S/C19H16ClF3N8O/c1-9(10-4-11(19(21,22)23)6-12(24)5-10)27-15-13-7-31(8-14(13)28-18(20)29-15)17(32)16-25-2-3-26-30-16/h2-6,9H,7-8,24H2,1H3,(H,27,28,29)/t9-/m1/s1. The maximum atomic E-state index is 13.2. The molecule has 3 heterocycles. The minimum atomic E-state index is -4.53. The second-order valence-corrected chi connectivity index (χ2v) is 7.48. The highest BCUT2D eigenvalue weighted by Crippen LogP contribution is 2.35. The normalized spacial score (nSPS) is 14.2. The van der Waals surface area contributed by atoms with E-state index in [1.807, 2.05) is 0 Å². The van der Waals surface area contributed by atoms with Gasteiger partial charge in [-0.05, 0) is 42.3 Å². The van der Waals surface area contributed by atoms with Crippen LogP contribution < -0.4 is 11.1 Å². The number of carbonyl (C=O) groups excluding carboxylic acids is 1. The van der Waals surface area contributed by atoms with E-state index < -0.39 is 23.7 Å². The Labute approximate surface area is 184 Å². The molecule has 0 fully saturated rings. The lowest BCUT2D eigenvalue weighted by molar-refractivity contribution is -0.137. The summed E-state index contributed by atoms with van der Waals surface area (Å²) in [5.41, 5.74) is 6.24. The van der Waals surface area contributed by atoms with Crippen molar-refractivity contribution >= 4 is 29.0 Å². The third kappa shape index (κ3) is 4.40. The SMILES string of the molecule is C[C@@H](Nc1nc(Cl)nc2c1CN(C(=O)c1nccnn1)C2)c1cc(N)cc(C(F)(F)F)c1. The van der Waals surface area contributed by atoms with Crippen LogP contribution in [0.2, 0.25) is 5.28 Å². The van der Waals surface area contributed by atoms with E-state index in [2.05, 4.69) is 30.5 Å². The largest absolute Gasteiger partial charge is 0.416 e. The van der Waals surface area contributed by atoms with Crippen molar-refractivity contribution in [2.75, 3.05) is 11.1 Å². The van der Waals surface area contributed by atoms with Gasteiger partial charge in [-0.3, -0.25) is 4.79 Å². The number of anilines is 2. The zero-order valence-electron chi connectivity index (χ0n) is 16.6. The number of nitrogens with zero attached hydrogens (tertiary/aromatic N) is 6. The Kier molecular flexibility index (Phi) is 5.55. The summed E-state index contributed by atoms with van der Waals surface area (Å²) in [6, 6.07) is 2.75. The topological polar surface area (TPSA) is 123 Å². The van der Waals surface area contributed by atoms with Gasteiger partial charge in [-0.15, -0.1) is 5.10 Å². The second kappa shape index (κ2) is 8.19. The Morgan fingerprint density at radius 2 is 2.00 bits per heavy atom. The molecule has 1 aliphatic rings. The van der Waals surface area contributed by atoms with Crippen molar-refractivity contribution in [2.24, 2.45) is 0 Å². The zero-order valence-corrected chi connectivity index (χ0v) is 17.3. The summed E-state index contributed by atoms with van der Waals surface area (Å²) in [6.45, 7) is 1.95. The van der Waals surface area contributed by atoms with Crippen LogP contribution in [0.15, 0.2) is 30.6 Å². The molecule has 0 unspecified atom stereocenters. The first-order valence-electron chi connectivity index (χ1n) is 9.34. The van der Waals surface area contributed by atoms with Gasteiger partial charge in [0.05, 0.1) is 36.6 Å². The molecule has 2 aromatic heterocycles. The number of carbonyl (C=O) groups is 1. The maximum absolute atomic E-state index is 13.2. The van der Waals surface area contributed by atoms with Crippen LogP contribution in [0.4, 0.5) is 24.7 Å². The minimum Gasteiger partial charge on any atom is -0.399 e. The molecule has 1 aromatic carbocycles. The number of nitrogens with one attached hydrogen (secondary N) is 1. The molecule has 3 aromatic rings. The Balaban J connectivity index is 1.60. The fourth-order valence-electron chi connectivity index (χ4n) is 3.35. The molecule has 13 heteroatoms. The van der Waals surface area contributed by atoms with E-state index in [-0.39, 0.29) is 29.9 Å². The second-order valence-electron chi connectivity index (χ2n) is 7.15. The first kappa shape index (κ1) is 21.7. The molecule has 0 saturated heterocycles. The Bertz CT molecular complexity index is 1180. The van der Waals surface area contributed by atoms with Gasteiger partial charge in [0.15, 0.2) is 0 Å². The highest BCUT2D eigenvalue weighted by atomic mass is 35.5. The molecule has 0 spiro atoms. The lowest BCUT2D eigenvalue weighted by Crippen LogP contribution is -2.27. The van der Waals surface area contributed by atoms with Gasteiger partial charge in [-0.25, -0.2) is 15.0 Å². The van der Waals surface area contributed by atoms with Crippen molar-refractivity contribution in [3.8, 4) is 0 Å². The Hall–Kier alpha value is -3.54. The number of nitrogen functional groups attached to an aromatic ring is 1. The fraction of sp³-hybridized carbons (Fsp3) is 0.263. The van der Waals surface area contributed by atoms with Crippen LogP contribution in [0, 0.1) is 0 Å². The predicted molar refractivity (Wildman–Crippen MR) is 108 cm³/mol. The fourth-order valence-corrected chi connectivity index (χ4v) is 3.54. The van der Waals surface area contributed by atoms with E-state index in [0.717, 1.165) is 12.1 Å². The first-order chi connectivity index (χ1) is 15.1. The van der Waals surface area contributed by atoms with Crippen molar-refractivity contribution in [2.45, 2.75) is 32.2 Å². The zero-order chi connectivity index (χ0) is 23.0. The average molecular weight is 465 g/mol. The summed E-state index contributed by atoms with van der Waals surface area (Å²) >= 11 is 6.04. The number of halogens is 4. The van der Waals surface area contributed by atoms with Crippen LogP contribution in [-0.2, 0) is 19.3 Å². The van der Waals surface area contributed by atoms with Crippen LogP contribution in [0.5, 0.6) is 0 Å². The molecule has 3 N–H and O–H groups in total. The molecule has 0 bridgehead atoms. The van der Waals surface area contributed by atoms with Gasteiger partial charge in [0.1, 0.15) is 5.82 Å². The Morgan fingerprint density at radius 1 is 1.22 bits per heavy atom. The predicted octanol–water partition coefficient (Wildman–Crippen LogP) is 3.25. The van der Waals surface area contributed by atoms with E-state index >= 15 is 0 Å². The van der Waals surface area contributed by atoms with E-state index in [9.17, 15) is 18.0 Å². The lowest BCUT2D eigenvalue weighted by Gasteiger charge is -2.19. The van der Waals surface area contributed by atoms with E-state index in [4.69, 9.17) is 17.3 Å². The van der Waals surface area contributed by atoms with Crippen molar-refractivity contribution in [1.82, 2.24) is 30.0 Å². The molecular weight excluding hydrogens is 449 g/mol. The van der Waals surface area contributed by atoms with E-state index in [1.54, 1.807) is 6.92 Å². The van der Waals surface area contributed by atoms with Crippen LogP contribution in [0.25, 0.3) is 0 Å². The smallest absolute Gasteiger partial charge is 0.399 e. The summed E-state index contributed by atoms with van der Waals surface area (Å²) in [4.78, 5) is 26.4.